The number of benzene rings is 2. The summed E-state index contributed by atoms with van der Waals surface area (Å²) in [5.41, 5.74) is 3.15. The molecule has 27 heavy (non-hydrogen) atoms. The molecule has 5 nitrogen and oxygen atoms in total. The SMILES string of the molecule is CC(C)(C)c1ccc(C(=O)NCCc2n[nH]c(Cc3ccccc3)n2)cc1. The van der Waals surface area contributed by atoms with E-state index in [-0.39, 0.29) is 11.3 Å². The van der Waals surface area contributed by atoms with Crippen LogP contribution in [0.3, 0.4) is 0 Å². The van der Waals surface area contributed by atoms with Crippen molar-refractivity contribution in [3.8, 4) is 0 Å². The molecule has 0 spiro atoms. The maximum Gasteiger partial charge on any atom is 0.251 e. The lowest BCUT2D eigenvalue weighted by molar-refractivity contribution is 0.0954. The van der Waals surface area contributed by atoms with Crippen molar-refractivity contribution < 1.29 is 4.79 Å². The fourth-order valence-electron chi connectivity index (χ4n) is 2.83. The Hall–Kier alpha value is -2.95. The van der Waals surface area contributed by atoms with Gasteiger partial charge in [-0.1, -0.05) is 63.2 Å². The van der Waals surface area contributed by atoms with E-state index in [2.05, 4.69) is 53.4 Å². The zero-order valence-electron chi connectivity index (χ0n) is 16.1. The van der Waals surface area contributed by atoms with Crippen molar-refractivity contribution in [3.63, 3.8) is 0 Å². The van der Waals surface area contributed by atoms with E-state index in [1.54, 1.807) is 0 Å². The summed E-state index contributed by atoms with van der Waals surface area (Å²) >= 11 is 0. The molecule has 2 N–H and O–H groups in total. The van der Waals surface area contributed by atoms with E-state index in [1.807, 2.05) is 42.5 Å². The van der Waals surface area contributed by atoms with Gasteiger partial charge in [-0.3, -0.25) is 9.89 Å². The summed E-state index contributed by atoms with van der Waals surface area (Å²) in [7, 11) is 0. The number of rotatable bonds is 6. The molecule has 140 valence electrons. The summed E-state index contributed by atoms with van der Waals surface area (Å²) < 4.78 is 0. The molecule has 1 amide bonds. The summed E-state index contributed by atoms with van der Waals surface area (Å²) in [6, 6.07) is 17.9. The summed E-state index contributed by atoms with van der Waals surface area (Å²) in [6.45, 7) is 6.98. The third kappa shape index (κ3) is 5.26. The summed E-state index contributed by atoms with van der Waals surface area (Å²) in [6.07, 6.45) is 1.32. The zero-order chi connectivity index (χ0) is 19.3. The average molecular weight is 362 g/mol. The minimum atomic E-state index is -0.0736. The summed E-state index contributed by atoms with van der Waals surface area (Å²) in [5.74, 6) is 1.47. The lowest BCUT2D eigenvalue weighted by Crippen LogP contribution is -2.26. The molecule has 0 aliphatic carbocycles. The number of aromatic amines is 1. The van der Waals surface area contributed by atoms with Crippen LogP contribution in [0.4, 0.5) is 0 Å². The van der Waals surface area contributed by atoms with Crippen LogP contribution in [0.25, 0.3) is 0 Å². The van der Waals surface area contributed by atoms with Crippen molar-refractivity contribution in [1.29, 1.82) is 0 Å². The molecule has 0 atom stereocenters. The first-order chi connectivity index (χ1) is 12.9. The lowest BCUT2D eigenvalue weighted by atomic mass is 9.87. The second kappa shape index (κ2) is 8.16. The van der Waals surface area contributed by atoms with E-state index in [1.165, 1.54) is 11.1 Å². The second-order valence-corrected chi connectivity index (χ2v) is 7.69. The molecule has 1 heterocycles. The topological polar surface area (TPSA) is 70.7 Å². The van der Waals surface area contributed by atoms with E-state index >= 15 is 0 Å². The first kappa shape index (κ1) is 18.8. The van der Waals surface area contributed by atoms with Gasteiger partial charge in [0, 0.05) is 24.9 Å². The van der Waals surface area contributed by atoms with E-state index in [4.69, 9.17) is 0 Å². The van der Waals surface area contributed by atoms with Crippen molar-refractivity contribution in [3.05, 3.63) is 82.9 Å². The van der Waals surface area contributed by atoms with Gasteiger partial charge in [-0.25, -0.2) is 4.98 Å². The van der Waals surface area contributed by atoms with Crippen LogP contribution in [0.2, 0.25) is 0 Å². The molecule has 2 aromatic carbocycles. The number of carbonyl (C=O) groups excluding carboxylic acids is 1. The predicted octanol–water partition coefficient (Wildman–Crippen LogP) is 3.67. The number of amides is 1. The molecular formula is C22H26N4O. The Labute approximate surface area is 160 Å². The molecule has 0 aliphatic rings. The Balaban J connectivity index is 1.49. The number of nitrogens with zero attached hydrogens (tertiary/aromatic N) is 2. The van der Waals surface area contributed by atoms with Crippen LogP contribution in [0.5, 0.6) is 0 Å². The summed E-state index contributed by atoms with van der Waals surface area (Å²) in [4.78, 5) is 16.8. The first-order valence-corrected chi connectivity index (χ1v) is 9.24. The van der Waals surface area contributed by atoms with Gasteiger partial charge in [-0.2, -0.15) is 5.10 Å². The van der Waals surface area contributed by atoms with Crippen molar-refractivity contribution in [2.24, 2.45) is 0 Å². The van der Waals surface area contributed by atoms with Crippen molar-refractivity contribution in [2.75, 3.05) is 6.54 Å². The molecule has 0 unspecified atom stereocenters. The van der Waals surface area contributed by atoms with Gasteiger partial charge in [0.1, 0.15) is 5.82 Å². The molecular weight excluding hydrogens is 336 g/mol. The molecule has 0 aliphatic heterocycles. The second-order valence-electron chi connectivity index (χ2n) is 7.69. The fraction of sp³-hybridized carbons (Fsp3) is 0.318. The van der Waals surface area contributed by atoms with Gasteiger partial charge in [0.05, 0.1) is 0 Å². The molecule has 0 saturated heterocycles. The molecule has 0 radical (unpaired) electrons. The van der Waals surface area contributed by atoms with Crippen LogP contribution in [0.15, 0.2) is 54.6 Å². The van der Waals surface area contributed by atoms with E-state index in [0.717, 1.165) is 12.2 Å². The monoisotopic (exact) mass is 362 g/mol. The Kier molecular flexibility index (Phi) is 5.69. The quantitative estimate of drug-likeness (QED) is 0.703. The number of hydrogen-bond acceptors (Lipinski definition) is 3. The minimum Gasteiger partial charge on any atom is -0.352 e. The molecule has 3 rings (SSSR count). The maximum atomic E-state index is 12.3. The van der Waals surface area contributed by atoms with Gasteiger partial charge in [0.25, 0.3) is 5.91 Å². The summed E-state index contributed by atoms with van der Waals surface area (Å²) in [5, 5.41) is 10.1. The van der Waals surface area contributed by atoms with E-state index < -0.39 is 0 Å². The van der Waals surface area contributed by atoms with Crippen LogP contribution in [0, 0.1) is 0 Å². The van der Waals surface area contributed by atoms with Gasteiger partial charge < -0.3 is 5.32 Å². The average Bonchev–Trinajstić information content (AvgIpc) is 3.09. The highest BCUT2D eigenvalue weighted by atomic mass is 16.1. The van der Waals surface area contributed by atoms with E-state index in [0.29, 0.717) is 24.4 Å². The van der Waals surface area contributed by atoms with Crippen molar-refractivity contribution >= 4 is 5.91 Å². The van der Waals surface area contributed by atoms with Gasteiger partial charge >= 0.3 is 0 Å². The van der Waals surface area contributed by atoms with Gasteiger partial charge in [-0.05, 0) is 28.7 Å². The molecule has 3 aromatic rings. The van der Waals surface area contributed by atoms with Crippen LogP contribution < -0.4 is 5.32 Å². The number of H-pyrrole nitrogens is 1. The highest BCUT2D eigenvalue weighted by molar-refractivity contribution is 5.94. The van der Waals surface area contributed by atoms with Crippen molar-refractivity contribution in [1.82, 2.24) is 20.5 Å². The highest BCUT2D eigenvalue weighted by Gasteiger charge is 2.14. The van der Waals surface area contributed by atoms with Crippen LogP contribution >= 0.6 is 0 Å². The van der Waals surface area contributed by atoms with Crippen LogP contribution in [-0.2, 0) is 18.3 Å². The Morgan fingerprint density at radius 2 is 1.74 bits per heavy atom. The largest absolute Gasteiger partial charge is 0.352 e. The number of nitrogens with one attached hydrogen (secondary N) is 2. The number of carbonyl (C=O) groups is 1. The number of hydrogen-bond donors (Lipinski definition) is 2. The maximum absolute atomic E-state index is 12.3. The Morgan fingerprint density at radius 3 is 2.41 bits per heavy atom. The standard InChI is InChI=1S/C22H26N4O/c1-22(2,3)18-11-9-17(10-12-18)21(27)23-14-13-19-24-20(26-25-19)15-16-7-5-4-6-8-16/h4-12H,13-15H2,1-3H3,(H,23,27)(H,24,25,26). The smallest absolute Gasteiger partial charge is 0.251 e. The molecule has 5 heteroatoms. The van der Waals surface area contributed by atoms with Gasteiger partial charge in [0.15, 0.2) is 5.82 Å². The normalized spacial score (nSPS) is 11.4. The third-order valence-electron chi connectivity index (χ3n) is 4.44. The van der Waals surface area contributed by atoms with Crippen molar-refractivity contribution in [2.45, 2.75) is 39.0 Å². The Bertz CT molecular complexity index is 877. The molecule has 0 bridgehead atoms. The van der Waals surface area contributed by atoms with E-state index in [9.17, 15) is 4.79 Å². The van der Waals surface area contributed by atoms with Crippen LogP contribution in [0.1, 0.15) is 53.9 Å². The van der Waals surface area contributed by atoms with Gasteiger partial charge in [-0.15, -0.1) is 0 Å². The molecule has 0 saturated carbocycles. The fourth-order valence-corrected chi connectivity index (χ4v) is 2.83. The predicted molar refractivity (Wildman–Crippen MR) is 107 cm³/mol. The first-order valence-electron chi connectivity index (χ1n) is 9.24. The lowest BCUT2D eigenvalue weighted by Gasteiger charge is -2.19. The molecule has 0 fully saturated rings. The molecule has 1 aromatic heterocycles. The Morgan fingerprint density at radius 1 is 1.04 bits per heavy atom. The number of aromatic nitrogens is 3. The highest BCUT2D eigenvalue weighted by Crippen LogP contribution is 2.22. The minimum absolute atomic E-state index is 0.0736. The zero-order valence-corrected chi connectivity index (χ0v) is 16.1. The van der Waals surface area contributed by atoms with Gasteiger partial charge in [0.2, 0.25) is 0 Å². The third-order valence-corrected chi connectivity index (χ3v) is 4.44. The van der Waals surface area contributed by atoms with Crippen LogP contribution in [-0.4, -0.2) is 27.6 Å².